The van der Waals surface area contributed by atoms with E-state index >= 15 is 0 Å². The van der Waals surface area contributed by atoms with Gasteiger partial charge in [-0.05, 0) is 42.0 Å². The third kappa shape index (κ3) is 4.23. The van der Waals surface area contributed by atoms with E-state index < -0.39 is 0 Å². The highest BCUT2D eigenvalue weighted by atomic mass is 16.5. The quantitative estimate of drug-likeness (QED) is 0.389. The average Bonchev–Trinajstić information content (AvgIpc) is 2.79. The Kier molecular flexibility index (Phi) is 5.61. The molecule has 0 aliphatic carbocycles. The van der Waals surface area contributed by atoms with Gasteiger partial charge >= 0.3 is 6.01 Å². The van der Waals surface area contributed by atoms with Crippen molar-refractivity contribution in [2.75, 3.05) is 24.3 Å². The summed E-state index contributed by atoms with van der Waals surface area (Å²) in [6, 6.07) is 15.2. The molecule has 156 valence electrons. The van der Waals surface area contributed by atoms with Gasteiger partial charge in [-0.15, -0.1) is 0 Å². The van der Waals surface area contributed by atoms with Crippen LogP contribution in [0.1, 0.15) is 11.1 Å². The highest BCUT2D eigenvalue weighted by Crippen LogP contribution is 2.28. The zero-order valence-corrected chi connectivity index (χ0v) is 17.2. The van der Waals surface area contributed by atoms with Gasteiger partial charge < -0.3 is 25.5 Å². The fourth-order valence-corrected chi connectivity index (χ4v) is 3.35. The Balaban J connectivity index is 1.50. The second kappa shape index (κ2) is 8.66. The van der Waals surface area contributed by atoms with Crippen LogP contribution in [0.2, 0.25) is 0 Å². The number of aromatic hydroxyl groups is 1. The van der Waals surface area contributed by atoms with Crippen LogP contribution in [0.15, 0.2) is 60.9 Å². The first kappa shape index (κ1) is 20.1. The van der Waals surface area contributed by atoms with Gasteiger partial charge in [0, 0.05) is 50.0 Å². The van der Waals surface area contributed by atoms with E-state index in [1.807, 2.05) is 56.6 Å². The zero-order chi connectivity index (χ0) is 21.8. The average molecular weight is 414 g/mol. The molecule has 0 saturated carbocycles. The summed E-state index contributed by atoms with van der Waals surface area (Å²) in [7, 11) is 3.84. The van der Waals surface area contributed by atoms with Gasteiger partial charge in [0.25, 0.3) is 0 Å². The number of anilines is 2. The summed E-state index contributed by atoms with van der Waals surface area (Å²) < 4.78 is 5.72. The Bertz CT molecular complexity index is 1230. The lowest BCUT2D eigenvalue weighted by molar-refractivity contribution is 0.412. The number of aromatic nitrogens is 3. The molecule has 2 aromatic carbocycles. The molecule has 8 nitrogen and oxygen atoms in total. The van der Waals surface area contributed by atoms with Gasteiger partial charge in [-0.3, -0.25) is 4.98 Å². The lowest BCUT2D eigenvalue weighted by Gasteiger charge is -2.21. The standard InChI is InChI=1S/C23H22N6O2/c1-25-20-5-3-4-15(19(20)12-24)14-29(2)16-6-8-17(9-7-16)31-23-27-21-13-26-11-10-18(21)22(30)28-23/h3-13,24-25H,14H2,1-2H3,(H,27,28,30). The first-order valence-electron chi connectivity index (χ1n) is 9.69. The highest BCUT2D eigenvalue weighted by molar-refractivity contribution is 5.88. The fraction of sp³-hybridized carbons (Fsp3) is 0.130. The summed E-state index contributed by atoms with van der Waals surface area (Å²) in [6.07, 6.45) is 4.49. The number of nitrogens with zero attached hydrogens (tertiary/aromatic N) is 4. The summed E-state index contributed by atoms with van der Waals surface area (Å²) in [5.74, 6) is 0.404. The van der Waals surface area contributed by atoms with Gasteiger partial charge in [0.2, 0.25) is 5.88 Å². The molecule has 0 radical (unpaired) electrons. The van der Waals surface area contributed by atoms with Crippen molar-refractivity contribution in [2.24, 2.45) is 0 Å². The second-order valence-electron chi connectivity index (χ2n) is 6.95. The molecule has 4 rings (SSSR count). The Hall–Kier alpha value is -4.20. The van der Waals surface area contributed by atoms with Crippen LogP contribution in [0, 0.1) is 5.41 Å². The number of pyridine rings is 1. The molecule has 0 aliphatic heterocycles. The minimum atomic E-state index is -0.149. The van der Waals surface area contributed by atoms with Crippen molar-refractivity contribution in [3.05, 3.63) is 72.1 Å². The maximum absolute atomic E-state index is 10.1. The molecule has 2 aromatic heterocycles. The molecule has 31 heavy (non-hydrogen) atoms. The number of rotatable bonds is 7. The van der Waals surface area contributed by atoms with Crippen LogP contribution in [-0.2, 0) is 6.54 Å². The number of hydrogen-bond acceptors (Lipinski definition) is 8. The minimum absolute atomic E-state index is 0.0543. The normalized spacial score (nSPS) is 10.6. The molecule has 2 heterocycles. The van der Waals surface area contributed by atoms with Crippen molar-refractivity contribution in [3.63, 3.8) is 0 Å². The van der Waals surface area contributed by atoms with Crippen LogP contribution in [0.5, 0.6) is 17.6 Å². The number of ether oxygens (including phenoxy) is 1. The fourth-order valence-electron chi connectivity index (χ4n) is 3.35. The van der Waals surface area contributed by atoms with Crippen LogP contribution in [-0.4, -0.2) is 40.4 Å². The molecule has 0 unspecified atom stereocenters. The SMILES string of the molecule is CNc1cccc(CN(C)c2ccc(Oc3nc(O)c4ccncc4n3)cc2)c1C=N. The van der Waals surface area contributed by atoms with E-state index in [1.165, 1.54) is 6.21 Å². The Morgan fingerprint density at radius 2 is 1.94 bits per heavy atom. The second-order valence-corrected chi connectivity index (χ2v) is 6.95. The largest absolute Gasteiger partial charge is 0.493 e. The van der Waals surface area contributed by atoms with E-state index in [2.05, 4.69) is 25.2 Å². The molecule has 4 aromatic rings. The van der Waals surface area contributed by atoms with Gasteiger partial charge in [0.15, 0.2) is 0 Å². The summed E-state index contributed by atoms with van der Waals surface area (Å²) >= 11 is 0. The van der Waals surface area contributed by atoms with Gasteiger partial charge in [-0.1, -0.05) is 12.1 Å². The van der Waals surface area contributed by atoms with Crippen LogP contribution in [0.3, 0.4) is 0 Å². The lowest BCUT2D eigenvalue weighted by Crippen LogP contribution is -2.17. The van der Waals surface area contributed by atoms with Gasteiger partial charge in [0.05, 0.1) is 17.1 Å². The Morgan fingerprint density at radius 3 is 2.68 bits per heavy atom. The summed E-state index contributed by atoms with van der Waals surface area (Å²) in [5.41, 5.74) is 4.35. The van der Waals surface area contributed by atoms with Crippen molar-refractivity contribution >= 4 is 28.5 Å². The molecular weight excluding hydrogens is 392 g/mol. The number of nitrogens with one attached hydrogen (secondary N) is 2. The Labute approximate surface area is 179 Å². The molecule has 0 atom stereocenters. The smallest absolute Gasteiger partial charge is 0.325 e. The first-order chi connectivity index (χ1) is 15.1. The molecular formula is C23H22N6O2. The van der Waals surface area contributed by atoms with Crippen molar-refractivity contribution in [1.82, 2.24) is 15.0 Å². The van der Waals surface area contributed by atoms with Gasteiger partial charge in [0.1, 0.15) is 5.75 Å². The molecule has 0 amide bonds. The monoisotopic (exact) mass is 414 g/mol. The summed E-state index contributed by atoms with van der Waals surface area (Å²) in [4.78, 5) is 14.4. The van der Waals surface area contributed by atoms with Crippen molar-refractivity contribution in [3.8, 4) is 17.6 Å². The first-order valence-corrected chi connectivity index (χ1v) is 9.69. The van der Waals surface area contributed by atoms with E-state index in [9.17, 15) is 5.11 Å². The predicted octanol–water partition coefficient (Wildman–Crippen LogP) is 4.20. The number of benzene rings is 2. The maximum Gasteiger partial charge on any atom is 0.325 e. The number of hydrogen-bond donors (Lipinski definition) is 3. The summed E-state index contributed by atoms with van der Waals surface area (Å²) in [6.45, 7) is 0.648. The molecule has 0 spiro atoms. The topological polar surface area (TPSA) is 107 Å². The van der Waals surface area contributed by atoms with Crippen molar-refractivity contribution < 1.29 is 9.84 Å². The van der Waals surface area contributed by atoms with E-state index in [4.69, 9.17) is 10.1 Å². The third-order valence-corrected chi connectivity index (χ3v) is 4.96. The van der Waals surface area contributed by atoms with Crippen LogP contribution < -0.4 is 15.0 Å². The van der Waals surface area contributed by atoms with Gasteiger partial charge in [-0.2, -0.15) is 9.97 Å². The highest BCUT2D eigenvalue weighted by Gasteiger charge is 2.11. The molecule has 8 heteroatoms. The van der Waals surface area contributed by atoms with E-state index in [0.717, 1.165) is 22.5 Å². The van der Waals surface area contributed by atoms with E-state index in [0.29, 0.717) is 23.2 Å². The van der Waals surface area contributed by atoms with E-state index in [-0.39, 0.29) is 11.9 Å². The molecule has 0 fully saturated rings. The third-order valence-electron chi connectivity index (χ3n) is 4.96. The van der Waals surface area contributed by atoms with E-state index in [1.54, 1.807) is 18.5 Å². The molecule has 0 saturated heterocycles. The molecule has 3 N–H and O–H groups in total. The number of fused-ring (bicyclic) bond motifs is 1. The van der Waals surface area contributed by atoms with Crippen molar-refractivity contribution in [1.29, 1.82) is 5.41 Å². The zero-order valence-electron chi connectivity index (χ0n) is 17.2. The molecule has 0 aliphatic rings. The molecule has 0 bridgehead atoms. The predicted molar refractivity (Wildman–Crippen MR) is 121 cm³/mol. The van der Waals surface area contributed by atoms with Crippen LogP contribution in [0.4, 0.5) is 11.4 Å². The van der Waals surface area contributed by atoms with Crippen LogP contribution in [0.25, 0.3) is 10.9 Å². The lowest BCUT2D eigenvalue weighted by atomic mass is 10.1. The van der Waals surface area contributed by atoms with Crippen molar-refractivity contribution in [2.45, 2.75) is 6.54 Å². The Morgan fingerprint density at radius 1 is 1.13 bits per heavy atom. The minimum Gasteiger partial charge on any atom is -0.493 e. The maximum atomic E-state index is 10.1. The van der Waals surface area contributed by atoms with Gasteiger partial charge in [-0.25, -0.2) is 0 Å². The summed E-state index contributed by atoms with van der Waals surface area (Å²) in [5, 5.41) is 21.5. The van der Waals surface area contributed by atoms with Crippen LogP contribution >= 0.6 is 0 Å².